The van der Waals surface area contributed by atoms with Gasteiger partial charge in [-0.05, 0) is 18.4 Å². The van der Waals surface area contributed by atoms with Gasteiger partial charge < -0.3 is 9.84 Å². The number of aliphatic hydroxyl groups excluding tert-OH is 1. The summed E-state index contributed by atoms with van der Waals surface area (Å²) in [6.45, 7) is 0.581. The Morgan fingerprint density at radius 1 is 1.26 bits per heavy atom. The maximum atomic E-state index is 11.7. The summed E-state index contributed by atoms with van der Waals surface area (Å²) >= 11 is 0. The maximum Gasteiger partial charge on any atom is 0.214 e. The molecule has 2 rings (SSSR count). The van der Waals surface area contributed by atoms with E-state index < -0.39 is 10.0 Å². The molecule has 106 valence electrons. The summed E-state index contributed by atoms with van der Waals surface area (Å²) in [7, 11) is -3.31. The lowest BCUT2D eigenvalue weighted by Crippen LogP contribution is -2.47. The smallest absolute Gasteiger partial charge is 0.214 e. The summed E-state index contributed by atoms with van der Waals surface area (Å²) in [4.78, 5) is 0. The predicted molar refractivity (Wildman–Crippen MR) is 72.0 cm³/mol. The Kier molecular flexibility index (Phi) is 4.93. The molecule has 0 heterocycles. The number of nitrogens with one attached hydrogen (secondary N) is 1. The number of rotatable bonds is 7. The Bertz CT molecular complexity index is 483. The van der Waals surface area contributed by atoms with E-state index in [-0.39, 0.29) is 24.5 Å². The van der Waals surface area contributed by atoms with Crippen molar-refractivity contribution in [3.05, 3.63) is 35.9 Å². The van der Waals surface area contributed by atoms with Crippen molar-refractivity contribution in [3.63, 3.8) is 0 Å². The van der Waals surface area contributed by atoms with E-state index in [4.69, 9.17) is 9.84 Å². The second-order valence-electron chi connectivity index (χ2n) is 4.80. The van der Waals surface area contributed by atoms with E-state index >= 15 is 0 Å². The van der Waals surface area contributed by atoms with Crippen LogP contribution in [-0.4, -0.2) is 38.0 Å². The highest BCUT2D eigenvalue weighted by atomic mass is 32.2. The fourth-order valence-electron chi connectivity index (χ4n) is 1.93. The van der Waals surface area contributed by atoms with Crippen molar-refractivity contribution in [1.82, 2.24) is 4.72 Å². The molecule has 0 radical (unpaired) electrons. The van der Waals surface area contributed by atoms with Gasteiger partial charge in [0.2, 0.25) is 10.0 Å². The van der Waals surface area contributed by atoms with Crippen LogP contribution in [0.2, 0.25) is 0 Å². The number of benzene rings is 1. The van der Waals surface area contributed by atoms with Crippen molar-refractivity contribution in [2.24, 2.45) is 0 Å². The second-order valence-corrected chi connectivity index (χ2v) is 6.67. The van der Waals surface area contributed by atoms with Gasteiger partial charge in [-0.3, -0.25) is 0 Å². The average Bonchev–Trinajstić information content (AvgIpc) is 2.34. The van der Waals surface area contributed by atoms with Gasteiger partial charge in [-0.2, -0.15) is 0 Å². The van der Waals surface area contributed by atoms with Gasteiger partial charge in [0, 0.05) is 6.04 Å². The van der Waals surface area contributed by atoms with Crippen LogP contribution in [0.15, 0.2) is 30.3 Å². The second kappa shape index (κ2) is 6.47. The van der Waals surface area contributed by atoms with Crippen LogP contribution >= 0.6 is 0 Å². The fourth-order valence-corrected chi connectivity index (χ4v) is 3.09. The third-order valence-electron chi connectivity index (χ3n) is 3.07. The molecule has 1 saturated carbocycles. The Labute approximate surface area is 113 Å². The van der Waals surface area contributed by atoms with Crippen LogP contribution in [0.25, 0.3) is 0 Å². The summed E-state index contributed by atoms with van der Waals surface area (Å²) in [5.74, 6) is -0.0492. The van der Waals surface area contributed by atoms with Crippen LogP contribution in [0.1, 0.15) is 18.4 Å². The lowest BCUT2D eigenvalue weighted by Gasteiger charge is -2.31. The molecule has 0 aliphatic heterocycles. The van der Waals surface area contributed by atoms with E-state index in [9.17, 15) is 8.42 Å². The van der Waals surface area contributed by atoms with E-state index in [2.05, 4.69) is 4.72 Å². The van der Waals surface area contributed by atoms with Crippen molar-refractivity contribution >= 4 is 10.0 Å². The first-order valence-corrected chi connectivity index (χ1v) is 8.00. The van der Waals surface area contributed by atoms with Crippen molar-refractivity contribution in [2.45, 2.75) is 31.6 Å². The Balaban J connectivity index is 1.64. The third-order valence-corrected chi connectivity index (χ3v) is 4.46. The first-order chi connectivity index (χ1) is 9.05. The molecule has 2 N–H and O–H groups in total. The fraction of sp³-hybridized carbons (Fsp3) is 0.538. The standard InChI is InChI=1S/C13H19NO4S/c15-13-8-12(9-13)14-19(16,17)7-6-18-10-11-4-2-1-3-5-11/h1-5,12-15H,6-10H2/t12-,13-. The molecule has 1 aliphatic carbocycles. The highest BCUT2D eigenvalue weighted by molar-refractivity contribution is 7.89. The van der Waals surface area contributed by atoms with Crippen LogP contribution in [0.4, 0.5) is 0 Å². The van der Waals surface area contributed by atoms with Gasteiger partial charge >= 0.3 is 0 Å². The van der Waals surface area contributed by atoms with Gasteiger partial charge in [0.05, 0.1) is 25.1 Å². The summed E-state index contributed by atoms with van der Waals surface area (Å²) < 4.78 is 31.3. The van der Waals surface area contributed by atoms with Crippen molar-refractivity contribution in [1.29, 1.82) is 0 Å². The van der Waals surface area contributed by atoms with Crippen molar-refractivity contribution < 1.29 is 18.3 Å². The predicted octanol–water partition coefficient (Wildman–Crippen LogP) is 0.646. The van der Waals surface area contributed by atoms with Crippen LogP contribution < -0.4 is 4.72 Å². The van der Waals surface area contributed by atoms with Crippen LogP contribution in [-0.2, 0) is 21.4 Å². The van der Waals surface area contributed by atoms with Crippen LogP contribution in [0, 0.1) is 0 Å². The first-order valence-electron chi connectivity index (χ1n) is 6.35. The lowest BCUT2D eigenvalue weighted by molar-refractivity contribution is 0.0710. The Morgan fingerprint density at radius 3 is 2.58 bits per heavy atom. The van der Waals surface area contributed by atoms with Gasteiger partial charge in [0.15, 0.2) is 0 Å². The van der Waals surface area contributed by atoms with Crippen LogP contribution in [0.5, 0.6) is 0 Å². The SMILES string of the molecule is O=S(=O)(CCOCc1ccccc1)N[C@H]1C[C@H](O)C1. The van der Waals surface area contributed by atoms with Gasteiger partial charge in [-0.25, -0.2) is 13.1 Å². The van der Waals surface area contributed by atoms with Crippen molar-refractivity contribution in [3.8, 4) is 0 Å². The largest absolute Gasteiger partial charge is 0.393 e. The molecule has 6 heteroatoms. The number of aliphatic hydroxyl groups is 1. The topological polar surface area (TPSA) is 75.6 Å². The molecule has 0 bridgehead atoms. The summed E-state index contributed by atoms with van der Waals surface area (Å²) in [5.41, 5.74) is 1.02. The molecule has 19 heavy (non-hydrogen) atoms. The molecule has 0 unspecified atom stereocenters. The van der Waals surface area contributed by atoms with Gasteiger partial charge in [0.1, 0.15) is 0 Å². The van der Waals surface area contributed by atoms with Crippen LogP contribution in [0.3, 0.4) is 0 Å². The zero-order valence-corrected chi connectivity index (χ0v) is 11.5. The minimum atomic E-state index is -3.31. The molecule has 0 spiro atoms. The minimum absolute atomic E-state index is 0.0492. The molecule has 0 atom stereocenters. The normalized spacial score (nSPS) is 23.0. The van der Waals surface area contributed by atoms with E-state index in [1.54, 1.807) is 0 Å². The van der Waals surface area contributed by atoms with Gasteiger partial charge in [0.25, 0.3) is 0 Å². The number of hydrogen-bond donors (Lipinski definition) is 2. The molecule has 0 amide bonds. The zero-order valence-electron chi connectivity index (χ0n) is 10.7. The highest BCUT2D eigenvalue weighted by Gasteiger charge is 2.30. The van der Waals surface area contributed by atoms with E-state index in [1.807, 2.05) is 30.3 Å². The molecule has 1 aromatic rings. The molecule has 5 nitrogen and oxygen atoms in total. The molecular formula is C13H19NO4S. The maximum absolute atomic E-state index is 11.7. The quantitative estimate of drug-likeness (QED) is 0.721. The lowest BCUT2D eigenvalue weighted by atomic mass is 9.91. The summed E-state index contributed by atoms with van der Waals surface area (Å²) in [5, 5.41) is 9.10. The average molecular weight is 285 g/mol. The number of hydrogen-bond acceptors (Lipinski definition) is 4. The summed E-state index contributed by atoms with van der Waals surface area (Å²) in [6, 6.07) is 9.50. The third kappa shape index (κ3) is 4.91. The summed E-state index contributed by atoms with van der Waals surface area (Å²) in [6.07, 6.45) is 0.649. The highest BCUT2D eigenvalue weighted by Crippen LogP contribution is 2.20. The number of sulfonamides is 1. The number of ether oxygens (including phenoxy) is 1. The van der Waals surface area contributed by atoms with Gasteiger partial charge in [-0.15, -0.1) is 0 Å². The molecule has 1 aromatic carbocycles. The molecule has 1 aliphatic rings. The molecular weight excluding hydrogens is 266 g/mol. The van der Waals surface area contributed by atoms with Crippen molar-refractivity contribution in [2.75, 3.05) is 12.4 Å². The van der Waals surface area contributed by atoms with E-state index in [0.29, 0.717) is 19.4 Å². The Hall–Kier alpha value is -0.950. The molecule has 0 aromatic heterocycles. The molecule has 0 saturated heterocycles. The molecule has 1 fully saturated rings. The minimum Gasteiger partial charge on any atom is -0.393 e. The van der Waals surface area contributed by atoms with E-state index in [0.717, 1.165) is 5.56 Å². The van der Waals surface area contributed by atoms with E-state index in [1.165, 1.54) is 0 Å². The monoisotopic (exact) mass is 285 g/mol. The Morgan fingerprint density at radius 2 is 1.95 bits per heavy atom. The zero-order chi connectivity index (χ0) is 13.7. The van der Waals surface area contributed by atoms with Gasteiger partial charge in [-0.1, -0.05) is 30.3 Å². The first kappa shape index (κ1) is 14.5.